The van der Waals surface area contributed by atoms with Gasteiger partial charge in [0.2, 0.25) is 0 Å². The highest BCUT2D eigenvalue weighted by Gasteiger charge is 2.29. The smallest absolute Gasteiger partial charge is 0.0494 e. The van der Waals surface area contributed by atoms with Crippen molar-refractivity contribution in [2.75, 3.05) is 59.4 Å². The number of piperazine rings is 2. The van der Waals surface area contributed by atoms with Crippen LogP contribution in [0.5, 0.6) is 0 Å². The quantitative estimate of drug-likeness (QED) is 0.884. The molecule has 0 aliphatic carbocycles. The standard InChI is InChI=1S/C17H29N5/c1-15-12-19-6-7-22(15)17(16-4-3-5-18-13-16)14-21-10-8-20(2)9-11-21/h3-5,13,15,17,19H,6-12,14H2,1-2H3. The van der Waals surface area contributed by atoms with Crippen LogP contribution in [-0.2, 0) is 0 Å². The first-order valence-corrected chi connectivity index (χ1v) is 8.51. The third-order valence-electron chi connectivity index (χ3n) is 5.05. The number of aromatic nitrogens is 1. The van der Waals surface area contributed by atoms with Crippen molar-refractivity contribution in [3.8, 4) is 0 Å². The van der Waals surface area contributed by atoms with Gasteiger partial charge in [-0.3, -0.25) is 14.8 Å². The predicted octanol–water partition coefficient (Wildman–Crippen LogP) is 0.664. The van der Waals surface area contributed by atoms with Crippen molar-refractivity contribution in [2.45, 2.75) is 19.0 Å². The lowest BCUT2D eigenvalue weighted by atomic mass is 10.0. The maximum atomic E-state index is 4.36. The Balaban J connectivity index is 1.74. The SMILES string of the molecule is CC1CNCCN1C(CN1CCN(C)CC1)c1cccnc1. The zero-order valence-corrected chi connectivity index (χ0v) is 13.9. The number of likely N-dealkylation sites (N-methyl/N-ethyl adjacent to an activating group) is 1. The van der Waals surface area contributed by atoms with E-state index in [1.807, 2.05) is 6.20 Å². The Morgan fingerprint density at radius 1 is 1.27 bits per heavy atom. The Labute approximate surface area is 134 Å². The normalized spacial score (nSPS) is 26.9. The fourth-order valence-corrected chi connectivity index (χ4v) is 3.57. The number of hydrogen-bond acceptors (Lipinski definition) is 5. The van der Waals surface area contributed by atoms with Crippen molar-refractivity contribution in [3.05, 3.63) is 30.1 Å². The van der Waals surface area contributed by atoms with Crippen molar-refractivity contribution < 1.29 is 0 Å². The maximum absolute atomic E-state index is 4.36. The van der Waals surface area contributed by atoms with Crippen LogP contribution in [0.3, 0.4) is 0 Å². The first kappa shape index (κ1) is 15.9. The van der Waals surface area contributed by atoms with Gasteiger partial charge in [-0.2, -0.15) is 0 Å². The highest BCUT2D eigenvalue weighted by atomic mass is 15.3. The van der Waals surface area contributed by atoms with Gasteiger partial charge in [-0.05, 0) is 25.6 Å². The van der Waals surface area contributed by atoms with Gasteiger partial charge in [0.25, 0.3) is 0 Å². The second kappa shape index (κ2) is 7.51. The van der Waals surface area contributed by atoms with Gasteiger partial charge >= 0.3 is 0 Å². The third kappa shape index (κ3) is 3.84. The zero-order valence-electron chi connectivity index (χ0n) is 13.9. The number of nitrogens with zero attached hydrogens (tertiary/aromatic N) is 4. The van der Waals surface area contributed by atoms with Crippen LogP contribution in [0.25, 0.3) is 0 Å². The molecule has 2 fully saturated rings. The lowest BCUT2D eigenvalue weighted by molar-refractivity contribution is 0.0660. The van der Waals surface area contributed by atoms with Crippen molar-refractivity contribution in [2.24, 2.45) is 0 Å². The molecule has 0 spiro atoms. The molecule has 2 unspecified atom stereocenters. The lowest BCUT2D eigenvalue weighted by Crippen LogP contribution is -2.54. The van der Waals surface area contributed by atoms with Crippen molar-refractivity contribution in [1.82, 2.24) is 25.0 Å². The lowest BCUT2D eigenvalue weighted by Gasteiger charge is -2.43. The van der Waals surface area contributed by atoms with Crippen LogP contribution in [0.15, 0.2) is 24.5 Å². The third-order valence-corrected chi connectivity index (χ3v) is 5.05. The first-order valence-electron chi connectivity index (χ1n) is 8.51. The van der Waals surface area contributed by atoms with Gasteiger partial charge in [0.15, 0.2) is 0 Å². The molecule has 1 N–H and O–H groups in total. The van der Waals surface area contributed by atoms with E-state index in [0.717, 1.165) is 26.2 Å². The minimum absolute atomic E-state index is 0.453. The summed E-state index contributed by atoms with van der Waals surface area (Å²) in [6.07, 6.45) is 3.92. The summed E-state index contributed by atoms with van der Waals surface area (Å²) in [6, 6.07) is 5.34. The molecule has 0 bridgehead atoms. The van der Waals surface area contributed by atoms with E-state index in [4.69, 9.17) is 0 Å². The average Bonchev–Trinajstić information content (AvgIpc) is 2.56. The van der Waals surface area contributed by atoms with E-state index < -0.39 is 0 Å². The second-order valence-corrected chi connectivity index (χ2v) is 6.70. The zero-order chi connectivity index (χ0) is 15.4. The van der Waals surface area contributed by atoms with Crippen molar-refractivity contribution >= 4 is 0 Å². The molecule has 3 rings (SSSR count). The topological polar surface area (TPSA) is 34.6 Å². The van der Waals surface area contributed by atoms with E-state index in [0.29, 0.717) is 12.1 Å². The number of rotatable bonds is 4. The monoisotopic (exact) mass is 303 g/mol. The van der Waals surface area contributed by atoms with E-state index in [1.165, 1.54) is 31.7 Å². The summed E-state index contributed by atoms with van der Waals surface area (Å²) in [7, 11) is 2.22. The number of nitrogens with one attached hydrogen (secondary N) is 1. The molecule has 0 aromatic carbocycles. The van der Waals surface area contributed by atoms with Gasteiger partial charge in [-0.25, -0.2) is 0 Å². The van der Waals surface area contributed by atoms with Crippen LogP contribution in [0, 0.1) is 0 Å². The second-order valence-electron chi connectivity index (χ2n) is 6.70. The van der Waals surface area contributed by atoms with Crippen LogP contribution in [0.4, 0.5) is 0 Å². The molecular formula is C17H29N5. The highest BCUT2D eigenvalue weighted by Crippen LogP contribution is 2.25. The predicted molar refractivity (Wildman–Crippen MR) is 90.0 cm³/mol. The van der Waals surface area contributed by atoms with E-state index >= 15 is 0 Å². The fourth-order valence-electron chi connectivity index (χ4n) is 3.57. The van der Waals surface area contributed by atoms with Crippen LogP contribution in [-0.4, -0.2) is 85.1 Å². The largest absolute Gasteiger partial charge is 0.314 e. The maximum Gasteiger partial charge on any atom is 0.0494 e. The molecule has 2 aliphatic heterocycles. The summed E-state index contributed by atoms with van der Waals surface area (Å²) in [6.45, 7) is 11.4. The molecule has 122 valence electrons. The number of hydrogen-bond donors (Lipinski definition) is 1. The molecule has 0 amide bonds. The molecule has 3 heterocycles. The van der Waals surface area contributed by atoms with Gasteiger partial charge in [0.1, 0.15) is 0 Å². The summed E-state index contributed by atoms with van der Waals surface area (Å²) < 4.78 is 0. The van der Waals surface area contributed by atoms with Crippen LogP contribution < -0.4 is 5.32 Å². The first-order chi connectivity index (χ1) is 10.7. The Morgan fingerprint density at radius 2 is 2.09 bits per heavy atom. The Hall–Kier alpha value is -1.01. The molecule has 1 aromatic heterocycles. The molecule has 2 atom stereocenters. The minimum Gasteiger partial charge on any atom is -0.314 e. The van der Waals surface area contributed by atoms with Gasteiger partial charge in [0.05, 0.1) is 0 Å². The van der Waals surface area contributed by atoms with Gasteiger partial charge < -0.3 is 10.2 Å². The average molecular weight is 303 g/mol. The van der Waals surface area contributed by atoms with E-state index in [1.54, 1.807) is 0 Å². The van der Waals surface area contributed by atoms with Gasteiger partial charge in [-0.1, -0.05) is 6.07 Å². The molecule has 5 nitrogen and oxygen atoms in total. The highest BCUT2D eigenvalue weighted by molar-refractivity contribution is 5.15. The molecule has 2 saturated heterocycles. The Kier molecular flexibility index (Phi) is 5.41. The molecule has 0 radical (unpaired) electrons. The van der Waals surface area contributed by atoms with Crippen LogP contribution >= 0.6 is 0 Å². The van der Waals surface area contributed by atoms with Crippen LogP contribution in [0.1, 0.15) is 18.5 Å². The van der Waals surface area contributed by atoms with Crippen molar-refractivity contribution in [1.29, 1.82) is 0 Å². The minimum atomic E-state index is 0.453. The summed E-state index contributed by atoms with van der Waals surface area (Å²) in [4.78, 5) is 12.1. The van der Waals surface area contributed by atoms with E-state index in [-0.39, 0.29) is 0 Å². The van der Waals surface area contributed by atoms with E-state index in [9.17, 15) is 0 Å². The Morgan fingerprint density at radius 3 is 2.77 bits per heavy atom. The van der Waals surface area contributed by atoms with Gasteiger partial charge in [0, 0.05) is 76.8 Å². The molecular weight excluding hydrogens is 274 g/mol. The summed E-state index contributed by atoms with van der Waals surface area (Å²) >= 11 is 0. The summed E-state index contributed by atoms with van der Waals surface area (Å²) in [5.74, 6) is 0. The van der Waals surface area contributed by atoms with Gasteiger partial charge in [-0.15, -0.1) is 0 Å². The van der Waals surface area contributed by atoms with Crippen molar-refractivity contribution in [3.63, 3.8) is 0 Å². The molecule has 2 aliphatic rings. The van der Waals surface area contributed by atoms with E-state index in [2.05, 4.69) is 57.3 Å². The summed E-state index contributed by atoms with van der Waals surface area (Å²) in [5.41, 5.74) is 1.36. The molecule has 5 heteroatoms. The molecule has 22 heavy (non-hydrogen) atoms. The Bertz CT molecular complexity index is 444. The van der Waals surface area contributed by atoms with Crippen LogP contribution in [0.2, 0.25) is 0 Å². The molecule has 1 aromatic rings. The summed E-state index contributed by atoms with van der Waals surface area (Å²) in [5, 5.41) is 3.50. The molecule has 0 saturated carbocycles. The number of pyridine rings is 1. The fraction of sp³-hybridized carbons (Fsp3) is 0.706.